The van der Waals surface area contributed by atoms with Crippen LogP contribution < -0.4 is 37.2 Å². The lowest BCUT2D eigenvalue weighted by atomic mass is 9.84. The summed E-state index contributed by atoms with van der Waals surface area (Å²) in [5.41, 5.74) is 8.62. The predicted octanol–water partition coefficient (Wildman–Crippen LogP) is 4.33. The number of amides is 4. The first-order valence-corrected chi connectivity index (χ1v) is 17.9. The van der Waals surface area contributed by atoms with Crippen molar-refractivity contribution in [1.82, 2.24) is 16.0 Å². The molecule has 7 N–H and O–H groups in total. The number of nitrogens with one attached hydrogen (secondary N) is 5. The number of aryl methyl sites for hydroxylation is 1. The third kappa shape index (κ3) is 10.3. The second-order valence-corrected chi connectivity index (χ2v) is 13.6. The highest BCUT2D eigenvalue weighted by Gasteiger charge is 2.34. The molecule has 4 amide bonds. The van der Waals surface area contributed by atoms with Gasteiger partial charge in [-0.15, -0.1) is 0 Å². The molecule has 11 nitrogen and oxygen atoms in total. The van der Waals surface area contributed by atoms with E-state index >= 15 is 0 Å². The number of hydrogen-bond acceptors (Lipinski definition) is 7. The second kappa shape index (κ2) is 18.0. The van der Waals surface area contributed by atoms with E-state index in [1.165, 1.54) is 12.0 Å². The number of anilines is 3. The minimum absolute atomic E-state index is 0.00822. The molecule has 48 heavy (non-hydrogen) atoms. The molecule has 1 aliphatic carbocycles. The zero-order chi connectivity index (χ0) is 33.7. The maximum Gasteiger partial charge on any atom is 0.319 e. The summed E-state index contributed by atoms with van der Waals surface area (Å²) in [6.45, 7) is 3.65. The average Bonchev–Trinajstić information content (AvgIpc) is 3.35. The SMILES string of the molecule is NC(=O)C(CC1CCCCC1)NC(=O)Nc1ccc(N2CCCNCC2C(=O)C2CCNCC2)c(NC(=O)CCCc2ccccc2)c1. The van der Waals surface area contributed by atoms with Crippen LogP contribution in [0.2, 0.25) is 0 Å². The van der Waals surface area contributed by atoms with E-state index in [9.17, 15) is 19.2 Å². The summed E-state index contributed by atoms with van der Waals surface area (Å²) in [6, 6.07) is 13.8. The first kappa shape index (κ1) is 35.3. The van der Waals surface area contributed by atoms with Gasteiger partial charge in [0.1, 0.15) is 12.1 Å². The Labute approximate surface area is 284 Å². The Bertz CT molecular complexity index is 1380. The van der Waals surface area contributed by atoms with Gasteiger partial charge in [0.25, 0.3) is 0 Å². The van der Waals surface area contributed by atoms with Crippen LogP contribution in [0, 0.1) is 11.8 Å². The maximum atomic E-state index is 13.9. The summed E-state index contributed by atoms with van der Waals surface area (Å²) < 4.78 is 0. The molecule has 2 unspecified atom stereocenters. The maximum absolute atomic E-state index is 13.9. The monoisotopic (exact) mass is 659 g/mol. The molecule has 5 rings (SSSR count). The fraction of sp³-hybridized carbons (Fsp3) is 0.568. The van der Waals surface area contributed by atoms with Gasteiger partial charge in [-0.1, -0.05) is 62.4 Å². The molecule has 0 bridgehead atoms. The summed E-state index contributed by atoms with van der Waals surface area (Å²) in [5, 5.41) is 15.5. The van der Waals surface area contributed by atoms with Crippen molar-refractivity contribution in [1.29, 1.82) is 0 Å². The zero-order valence-corrected chi connectivity index (χ0v) is 28.1. The van der Waals surface area contributed by atoms with Crippen LogP contribution in [0.4, 0.5) is 21.9 Å². The standard InChI is InChI=1S/C37H53N7O4/c38-36(47)31(23-27-11-5-2-6-12-27)43-37(48)41-29-15-16-32(30(24-29)42-34(45)14-7-13-26-9-3-1-4-10-26)44-22-8-19-40-25-33(44)35(46)28-17-20-39-21-18-28/h1,3-4,9-10,15-16,24,27-28,31,33,39-40H,2,5-8,11-14,17-23,25H2,(H2,38,47)(H,42,45)(H2,41,43,48). The van der Waals surface area contributed by atoms with Gasteiger partial charge in [-0.3, -0.25) is 14.4 Å². The summed E-state index contributed by atoms with van der Waals surface area (Å²) in [5.74, 6) is -0.102. The number of nitrogens with two attached hydrogens (primary N) is 1. The van der Waals surface area contributed by atoms with Crippen LogP contribution in [0.25, 0.3) is 0 Å². The number of piperidine rings is 1. The van der Waals surface area contributed by atoms with Crippen molar-refractivity contribution in [2.24, 2.45) is 17.6 Å². The summed E-state index contributed by atoms with van der Waals surface area (Å²) >= 11 is 0. The first-order valence-electron chi connectivity index (χ1n) is 17.9. The van der Waals surface area contributed by atoms with E-state index in [-0.39, 0.29) is 23.7 Å². The quantitative estimate of drug-likeness (QED) is 0.187. The van der Waals surface area contributed by atoms with E-state index in [1.807, 2.05) is 24.3 Å². The number of nitrogens with zero attached hydrogens (tertiary/aromatic N) is 1. The van der Waals surface area contributed by atoms with E-state index in [0.29, 0.717) is 49.6 Å². The number of urea groups is 1. The van der Waals surface area contributed by atoms with E-state index in [0.717, 1.165) is 76.7 Å². The van der Waals surface area contributed by atoms with Crippen molar-refractivity contribution in [3.8, 4) is 0 Å². The van der Waals surface area contributed by atoms with Crippen molar-refractivity contribution in [3.05, 3.63) is 54.1 Å². The fourth-order valence-corrected chi connectivity index (χ4v) is 7.40. The Morgan fingerprint density at radius 3 is 2.40 bits per heavy atom. The van der Waals surface area contributed by atoms with Gasteiger partial charge in [-0.2, -0.15) is 0 Å². The van der Waals surface area contributed by atoms with E-state index < -0.39 is 18.0 Å². The number of benzene rings is 2. The van der Waals surface area contributed by atoms with Gasteiger partial charge in [-0.25, -0.2) is 4.79 Å². The highest BCUT2D eigenvalue weighted by molar-refractivity contribution is 5.99. The van der Waals surface area contributed by atoms with Crippen LogP contribution in [0.15, 0.2) is 48.5 Å². The molecule has 0 spiro atoms. The van der Waals surface area contributed by atoms with Crippen LogP contribution in [0.5, 0.6) is 0 Å². The molecule has 260 valence electrons. The number of hydrogen-bond donors (Lipinski definition) is 6. The Kier molecular flexibility index (Phi) is 13.2. The Morgan fingerprint density at radius 2 is 1.65 bits per heavy atom. The number of rotatable bonds is 13. The van der Waals surface area contributed by atoms with Gasteiger partial charge in [0.05, 0.1) is 11.4 Å². The molecule has 2 aromatic carbocycles. The van der Waals surface area contributed by atoms with Gasteiger partial charge in [-0.05, 0) is 87.8 Å². The summed E-state index contributed by atoms with van der Waals surface area (Å²) in [4.78, 5) is 54.8. The lowest BCUT2D eigenvalue weighted by Crippen LogP contribution is -2.50. The molecule has 2 aromatic rings. The summed E-state index contributed by atoms with van der Waals surface area (Å²) in [6.07, 6.45) is 10.4. The smallest absolute Gasteiger partial charge is 0.319 e. The lowest BCUT2D eigenvalue weighted by Gasteiger charge is -2.35. The first-order chi connectivity index (χ1) is 23.4. The normalized spacial score (nSPS) is 19.9. The Hall–Kier alpha value is -3.96. The Balaban J connectivity index is 1.33. The van der Waals surface area contributed by atoms with Crippen LogP contribution in [0.1, 0.15) is 76.2 Å². The van der Waals surface area contributed by atoms with Crippen LogP contribution in [-0.4, -0.2) is 68.4 Å². The van der Waals surface area contributed by atoms with Crippen molar-refractivity contribution in [2.45, 2.75) is 89.1 Å². The molecule has 1 saturated carbocycles. The minimum Gasteiger partial charge on any atom is -0.368 e. The van der Waals surface area contributed by atoms with E-state index in [1.54, 1.807) is 12.1 Å². The van der Waals surface area contributed by atoms with Crippen molar-refractivity contribution in [2.75, 3.05) is 48.3 Å². The summed E-state index contributed by atoms with van der Waals surface area (Å²) in [7, 11) is 0. The van der Waals surface area contributed by atoms with Gasteiger partial charge >= 0.3 is 6.03 Å². The van der Waals surface area contributed by atoms with Crippen molar-refractivity contribution >= 4 is 40.7 Å². The minimum atomic E-state index is -0.762. The average molecular weight is 660 g/mol. The number of ketones is 1. The topological polar surface area (TPSA) is 158 Å². The van der Waals surface area contributed by atoms with E-state index in [4.69, 9.17) is 5.73 Å². The lowest BCUT2D eigenvalue weighted by molar-refractivity contribution is -0.125. The van der Waals surface area contributed by atoms with Crippen LogP contribution >= 0.6 is 0 Å². The van der Waals surface area contributed by atoms with Gasteiger partial charge < -0.3 is 37.2 Å². The second-order valence-electron chi connectivity index (χ2n) is 13.6. The Morgan fingerprint density at radius 1 is 0.875 bits per heavy atom. The van der Waals surface area contributed by atoms with Crippen molar-refractivity contribution in [3.63, 3.8) is 0 Å². The molecule has 11 heteroatoms. The molecule has 2 saturated heterocycles. The molecular formula is C37H53N7O4. The third-order valence-corrected chi connectivity index (χ3v) is 10.0. The van der Waals surface area contributed by atoms with Crippen molar-refractivity contribution < 1.29 is 19.2 Å². The number of Topliss-reactive ketones (excluding diaryl/α,β-unsaturated/α-hetero) is 1. The van der Waals surface area contributed by atoms with Crippen LogP contribution in [0.3, 0.4) is 0 Å². The van der Waals surface area contributed by atoms with Crippen LogP contribution in [-0.2, 0) is 20.8 Å². The molecule has 2 aliphatic heterocycles. The zero-order valence-electron chi connectivity index (χ0n) is 28.1. The molecule has 2 atom stereocenters. The fourth-order valence-electron chi connectivity index (χ4n) is 7.40. The molecule has 3 aliphatic rings. The number of carbonyl (C=O) groups excluding carboxylic acids is 4. The predicted molar refractivity (Wildman–Crippen MR) is 190 cm³/mol. The van der Waals surface area contributed by atoms with Gasteiger partial charge in [0, 0.05) is 31.1 Å². The largest absolute Gasteiger partial charge is 0.368 e. The molecular weight excluding hydrogens is 606 g/mol. The number of primary amides is 1. The van der Waals surface area contributed by atoms with Gasteiger partial charge in [0.2, 0.25) is 11.8 Å². The molecule has 3 fully saturated rings. The number of carbonyl (C=O) groups is 4. The molecule has 2 heterocycles. The third-order valence-electron chi connectivity index (χ3n) is 10.0. The highest BCUT2D eigenvalue weighted by Crippen LogP contribution is 2.33. The highest BCUT2D eigenvalue weighted by atomic mass is 16.2. The molecule has 0 aromatic heterocycles. The van der Waals surface area contributed by atoms with Gasteiger partial charge in [0.15, 0.2) is 5.78 Å². The van der Waals surface area contributed by atoms with E-state index in [2.05, 4.69) is 43.6 Å². The molecule has 0 radical (unpaired) electrons.